The number of nitrogens with zero attached hydrogens (tertiary/aromatic N) is 3. The van der Waals surface area contributed by atoms with Crippen molar-refractivity contribution in [3.8, 4) is 17.2 Å². The summed E-state index contributed by atoms with van der Waals surface area (Å²) in [6.45, 7) is 3.00. The van der Waals surface area contributed by atoms with Crippen LogP contribution in [0.5, 0.6) is 17.2 Å². The number of ether oxygens (including phenoxy) is 3. The Hall–Kier alpha value is -4.39. The molecule has 224 valence electrons. The van der Waals surface area contributed by atoms with E-state index < -0.39 is 46.0 Å². The number of carbonyl (C=O) groups is 3. The maximum atomic E-state index is 13.8. The third-order valence-corrected chi connectivity index (χ3v) is 7.97. The van der Waals surface area contributed by atoms with Crippen LogP contribution in [0.1, 0.15) is 42.7 Å². The highest BCUT2D eigenvalue weighted by atomic mass is 35.5. The van der Waals surface area contributed by atoms with Gasteiger partial charge in [0.05, 0.1) is 26.3 Å². The highest BCUT2D eigenvalue weighted by molar-refractivity contribution is 6.35. The molecule has 13 nitrogen and oxygen atoms in total. The van der Waals surface area contributed by atoms with E-state index in [0.717, 1.165) is 4.57 Å². The number of benzene rings is 1. The minimum absolute atomic E-state index is 0.0179. The van der Waals surface area contributed by atoms with Crippen molar-refractivity contribution < 1.29 is 33.7 Å². The standard InChI is InChI=1S/C28H31ClN4O9/c1-13-9-16(34)21(14(2)30-8-7-19(35)31-12-15-10-20(36)33(4)27(39)32(15)3)25(37)28(13)26(38)22-17(40-5)11-18(41-6)23(29)24(22)42-28/h10-11,13,37H,7-9,12H2,1-6H3,(H,31,35)/t13-,28+/m1/s1. The number of aliphatic imine (C=N–C) groups is 1. The van der Waals surface area contributed by atoms with Crippen LogP contribution in [-0.4, -0.2) is 63.8 Å². The maximum absolute atomic E-state index is 13.8. The molecule has 0 radical (unpaired) electrons. The summed E-state index contributed by atoms with van der Waals surface area (Å²) in [5, 5.41) is 14.1. The summed E-state index contributed by atoms with van der Waals surface area (Å²) in [4.78, 5) is 67.6. The number of hydrogen-bond acceptors (Lipinski definition) is 10. The number of methoxy groups -OCH3 is 2. The lowest BCUT2D eigenvalue weighted by atomic mass is 9.72. The number of rotatable bonds is 8. The maximum Gasteiger partial charge on any atom is 0.330 e. The molecule has 2 N–H and O–H groups in total. The average Bonchev–Trinajstić information content (AvgIpc) is 3.27. The first-order chi connectivity index (χ1) is 19.8. The van der Waals surface area contributed by atoms with Crippen molar-refractivity contribution in [2.45, 2.75) is 38.8 Å². The van der Waals surface area contributed by atoms with Crippen LogP contribution in [-0.2, 0) is 30.2 Å². The molecule has 0 saturated carbocycles. The second-order valence-corrected chi connectivity index (χ2v) is 10.5. The molecule has 2 aromatic rings. The molecule has 2 aliphatic rings. The van der Waals surface area contributed by atoms with E-state index in [4.69, 9.17) is 25.8 Å². The zero-order valence-electron chi connectivity index (χ0n) is 24.0. The number of fused-ring (bicyclic) bond motifs is 1. The van der Waals surface area contributed by atoms with E-state index in [1.807, 2.05) is 0 Å². The molecule has 1 aromatic carbocycles. The minimum atomic E-state index is -1.94. The van der Waals surface area contributed by atoms with Gasteiger partial charge in [-0.3, -0.25) is 33.3 Å². The van der Waals surface area contributed by atoms with Crippen LogP contribution in [0.3, 0.4) is 0 Å². The highest BCUT2D eigenvalue weighted by Crippen LogP contribution is 2.54. The fraction of sp³-hybridized carbons (Fsp3) is 0.429. The van der Waals surface area contributed by atoms with Gasteiger partial charge in [0.2, 0.25) is 17.3 Å². The summed E-state index contributed by atoms with van der Waals surface area (Å²) in [5.74, 6) is -2.51. The van der Waals surface area contributed by atoms with Crippen molar-refractivity contribution in [1.29, 1.82) is 0 Å². The summed E-state index contributed by atoms with van der Waals surface area (Å²) >= 11 is 6.45. The number of Topliss-reactive ketones (excluding diaryl/α,β-unsaturated/α-hetero) is 2. The first kappa shape index (κ1) is 30.6. The predicted octanol–water partition coefficient (Wildman–Crippen LogP) is 1.66. The first-order valence-corrected chi connectivity index (χ1v) is 13.4. The third-order valence-electron chi connectivity index (χ3n) is 7.61. The van der Waals surface area contributed by atoms with E-state index in [9.17, 15) is 29.1 Å². The lowest BCUT2D eigenvalue weighted by Gasteiger charge is -2.37. The number of allylic oxidation sites excluding steroid dienone is 1. The molecule has 0 fully saturated rings. The Labute approximate surface area is 245 Å². The van der Waals surface area contributed by atoms with Crippen LogP contribution < -0.4 is 30.8 Å². The molecule has 2 atom stereocenters. The smallest absolute Gasteiger partial charge is 0.330 e. The molecule has 1 aliphatic heterocycles. The number of halogens is 1. The highest BCUT2D eigenvalue weighted by Gasteiger charge is 2.61. The van der Waals surface area contributed by atoms with Crippen LogP contribution in [0.25, 0.3) is 0 Å². The summed E-state index contributed by atoms with van der Waals surface area (Å²) < 4.78 is 19.0. The average molecular weight is 603 g/mol. The number of nitrogens with one attached hydrogen (secondary N) is 1. The van der Waals surface area contributed by atoms with Crippen molar-refractivity contribution in [2.75, 3.05) is 20.8 Å². The van der Waals surface area contributed by atoms with Crippen LogP contribution in [0.2, 0.25) is 5.02 Å². The fourth-order valence-corrected chi connectivity index (χ4v) is 5.42. The van der Waals surface area contributed by atoms with Crippen molar-refractivity contribution in [3.05, 3.63) is 60.6 Å². The van der Waals surface area contributed by atoms with E-state index in [2.05, 4.69) is 10.3 Å². The second kappa shape index (κ2) is 11.5. The van der Waals surface area contributed by atoms with Gasteiger partial charge in [-0.1, -0.05) is 18.5 Å². The topological polar surface area (TPSA) is 168 Å². The van der Waals surface area contributed by atoms with E-state index in [1.54, 1.807) is 6.92 Å². The third kappa shape index (κ3) is 4.87. The van der Waals surface area contributed by atoms with E-state index >= 15 is 0 Å². The molecular weight excluding hydrogens is 572 g/mol. The molecule has 1 spiro atoms. The summed E-state index contributed by atoms with van der Waals surface area (Å²) in [7, 11) is 5.61. The van der Waals surface area contributed by atoms with Gasteiger partial charge < -0.3 is 24.6 Å². The van der Waals surface area contributed by atoms with Crippen LogP contribution in [0.4, 0.5) is 0 Å². The number of carbonyl (C=O) groups excluding carboxylic acids is 3. The lowest BCUT2D eigenvalue weighted by molar-refractivity contribution is -0.121. The number of aliphatic hydroxyl groups is 1. The number of amides is 1. The van der Waals surface area contributed by atoms with Crippen LogP contribution in [0.15, 0.2) is 38.0 Å². The molecule has 1 amide bonds. The van der Waals surface area contributed by atoms with E-state index in [-0.39, 0.29) is 65.1 Å². The summed E-state index contributed by atoms with van der Waals surface area (Å²) in [6, 6.07) is 2.70. The first-order valence-electron chi connectivity index (χ1n) is 13.0. The molecule has 14 heteroatoms. The number of ketones is 2. The predicted molar refractivity (Wildman–Crippen MR) is 152 cm³/mol. The molecule has 4 rings (SSSR count). The quantitative estimate of drug-likeness (QED) is 0.427. The van der Waals surface area contributed by atoms with Gasteiger partial charge in [-0.15, -0.1) is 0 Å². The molecule has 42 heavy (non-hydrogen) atoms. The Morgan fingerprint density at radius 2 is 1.83 bits per heavy atom. The number of hydrogen-bond donors (Lipinski definition) is 2. The van der Waals surface area contributed by atoms with Crippen molar-refractivity contribution in [3.63, 3.8) is 0 Å². The summed E-state index contributed by atoms with van der Waals surface area (Å²) in [5.41, 5.74) is -2.65. The molecule has 0 bridgehead atoms. The Bertz CT molecular complexity index is 1690. The van der Waals surface area contributed by atoms with Crippen LogP contribution in [0, 0.1) is 5.92 Å². The number of aliphatic hydroxyl groups excluding tert-OH is 1. The van der Waals surface area contributed by atoms with Crippen LogP contribution >= 0.6 is 11.6 Å². The second-order valence-electron chi connectivity index (χ2n) is 10.1. The number of aromatic nitrogens is 2. The fourth-order valence-electron chi connectivity index (χ4n) is 5.16. The summed E-state index contributed by atoms with van der Waals surface area (Å²) in [6.07, 6.45) is -0.216. The molecule has 0 unspecified atom stereocenters. The largest absolute Gasteiger partial charge is 0.507 e. The Kier molecular flexibility index (Phi) is 8.35. The molecule has 1 aromatic heterocycles. The van der Waals surface area contributed by atoms with Gasteiger partial charge in [-0.25, -0.2) is 4.79 Å². The SMILES string of the molecule is COc1cc(OC)c2c(c1Cl)O[C@]1(C2=O)C(O)=C(C(C)=NCCC(=O)NCc2cc(=O)n(C)c(=O)n2C)C(=O)C[C@H]1C. The minimum Gasteiger partial charge on any atom is -0.507 e. The molecule has 1 aliphatic carbocycles. The van der Waals surface area contributed by atoms with E-state index in [1.165, 1.54) is 51.9 Å². The van der Waals surface area contributed by atoms with Gasteiger partial charge in [-0.05, 0) is 6.92 Å². The van der Waals surface area contributed by atoms with Gasteiger partial charge >= 0.3 is 5.69 Å². The monoisotopic (exact) mass is 602 g/mol. The van der Waals surface area contributed by atoms with Gasteiger partial charge in [-0.2, -0.15) is 0 Å². The van der Waals surface area contributed by atoms with Gasteiger partial charge in [0.25, 0.3) is 5.56 Å². The molecular formula is C28H31ClN4O9. The van der Waals surface area contributed by atoms with E-state index in [0.29, 0.717) is 5.69 Å². The van der Waals surface area contributed by atoms with Crippen molar-refractivity contribution in [1.82, 2.24) is 14.5 Å². The van der Waals surface area contributed by atoms with Gasteiger partial charge in [0, 0.05) is 62.9 Å². The van der Waals surface area contributed by atoms with Crippen molar-refractivity contribution >= 4 is 34.8 Å². The normalized spacial score (nSPS) is 20.1. The Balaban J connectivity index is 1.56. The zero-order chi connectivity index (χ0) is 31.1. The Morgan fingerprint density at radius 1 is 1.17 bits per heavy atom. The zero-order valence-corrected chi connectivity index (χ0v) is 24.7. The Morgan fingerprint density at radius 3 is 2.48 bits per heavy atom. The van der Waals surface area contributed by atoms with Gasteiger partial charge in [0.15, 0.2) is 17.3 Å². The van der Waals surface area contributed by atoms with Gasteiger partial charge in [0.1, 0.15) is 22.1 Å². The van der Waals surface area contributed by atoms with Crippen molar-refractivity contribution in [2.24, 2.45) is 25.0 Å². The lowest BCUT2D eigenvalue weighted by Crippen LogP contribution is -2.53. The molecule has 0 saturated heterocycles. The molecule has 2 heterocycles.